The van der Waals surface area contributed by atoms with E-state index in [0.717, 1.165) is 19.5 Å². The van der Waals surface area contributed by atoms with Crippen LogP contribution in [0.4, 0.5) is 5.69 Å². The molecule has 27 heavy (non-hydrogen) atoms. The Morgan fingerprint density at radius 1 is 1.04 bits per heavy atom. The Kier molecular flexibility index (Phi) is 6.35. The highest BCUT2D eigenvalue weighted by Gasteiger charge is 2.23. The Morgan fingerprint density at radius 2 is 1.74 bits per heavy atom. The summed E-state index contributed by atoms with van der Waals surface area (Å²) in [6.07, 6.45) is 0.880. The van der Waals surface area contributed by atoms with Crippen LogP contribution in [0.2, 0.25) is 20.1 Å². The first-order valence-corrected chi connectivity index (χ1v) is 11.0. The monoisotopic (exact) mass is 468 g/mol. The number of halogens is 4. The SMILES string of the molecule is CN1CC[C@H](Oc2cc(NS(=O)(=O)c3cc(Cl)c(Cl)cc3Cl)ccc2Cl)C1. The minimum atomic E-state index is -3.98. The molecule has 0 aliphatic carbocycles. The summed E-state index contributed by atoms with van der Waals surface area (Å²) in [6.45, 7) is 1.72. The smallest absolute Gasteiger partial charge is 0.263 e. The lowest BCUT2D eigenvalue weighted by atomic mass is 10.3. The summed E-state index contributed by atoms with van der Waals surface area (Å²) in [5.41, 5.74) is 0.294. The number of likely N-dealkylation sites (tertiary alicyclic amines) is 1. The maximum absolute atomic E-state index is 12.7. The van der Waals surface area contributed by atoms with Crippen LogP contribution in [-0.4, -0.2) is 39.6 Å². The van der Waals surface area contributed by atoms with E-state index in [4.69, 9.17) is 51.1 Å². The second-order valence-corrected chi connectivity index (χ2v) is 9.52. The molecule has 0 unspecified atom stereocenters. The molecule has 1 N–H and O–H groups in total. The molecule has 0 radical (unpaired) electrons. The van der Waals surface area contributed by atoms with Crippen molar-refractivity contribution in [2.24, 2.45) is 0 Å². The normalized spacial score (nSPS) is 17.9. The van der Waals surface area contributed by atoms with Gasteiger partial charge in [0.05, 0.1) is 25.8 Å². The molecule has 0 amide bonds. The maximum atomic E-state index is 12.7. The summed E-state index contributed by atoms with van der Waals surface area (Å²) in [5.74, 6) is 0.414. The highest BCUT2D eigenvalue weighted by molar-refractivity contribution is 7.92. The molecule has 2 aromatic carbocycles. The number of hydrogen-bond acceptors (Lipinski definition) is 4. The third kappa shape index (κ3) is 4.94. The topological polar surface area (TPSA) is 58.6 Å². The molecule has 3 rings (SSSR count). The Labute approximate surface area is 178 Å². The molecule has 1 saturated heterocycles. The van der Waals surface area contributed by atoms with E-state index in [1.165, 1.54) is 12.1 Å². The molecule has 0 spiro atoms. The molecule has 1 aliphatic heterocycles. The van der Waals surface area contributed by atoms with E-state index in [1.807, 2.05) is 7.05 Å². The van der Waals surface area contributed by atoms with Crippen molar-refractivity contribution >= 4 is 62.1 Å². The summed E-state index contributed by atoms with van der Waals surface area (Å²) >= 11 is 24.0. The molecule has 1 atom stereocenters. The van der Waals surface area contributed by atoms with Gasteiger partial charge in [-0.3, -0.25) is 4.72 Å². The fourth-order valence-electron chi connectivity index (χ4n) is 2.75. The summed E-state index contributed by atoms with van der Waals surface area (Å²) in [4.78, 5) is 1.98. The molecule has 1 fully saturated rings. The number of anilines is 1. The van der Waals surface area contributed by atoms with Crippen LogP contribution in [0.1, 0.15) is 6.42 Å². The highest BCUT2D eigenvalue weighted by atomic mass is 35.5. The minimum Gasteiger partial charge on any atom is -0.487 e. The zero-order valence-corrected chi connectivity index (χ0v) is 18.0. The Hall–Kier alpha value is -0.890. The molecular formula is C17H16Cl4N2O3S. The van der Waals surface area contributed by atoms with E-state index >= 15 is 0 Å². The van der Waals surface area contributed by atoms with Crippen molar-refractivity contribution in [1.82, 2.24) is 4.90 Å². The Morgan fingerprint density at radius 3 is 2.41 bits per heavy atom. The van der Waals surface area contributed by atoms with Crippen molar-refractivity contribution in [3.63, 3.8) is 0 Å². The van der Waals surface area contributed by atoms with E-state index in [1.54, 1.807) is 18.2 Å². The molecular weight excluding hydrogens is 454 g/mol. The summed E-state index contributed by atoms with van der Waals surface area (Å²) in [6, 6.07) is 7.15. The van der Waals surface area contributed by atoms with E-state index in [-0.39, 0.29) is 26.1 Å². The van der Waals surface area contributed by atoms with Crippen LogP contribution in [-0.2, 0) is 10.0 Å². The standard InChI is InChI=1S/C17H16Cl4N2O3S/c1-23-5-4-11(9-23)26-16-6-10(2-3-12(16)18)22-27(24,25)17-8-14(20)13(19)7-15(17)21/h2-3,6-8,11,22H,4-5,9H2,1H3/t11-/m0/s1. The molecule has 1 aliphatic rings. The first kappa shape index (κ1) is 20.8. The number of nitrogens with one attached hydrogen (secondary N) is 1. The van der Waals surface area contributed by atoms with Gasteiger partial charge >= 0.3 is 0 Å². The summed E-state index contributed by atoms with van der Waals surface area (Å²) < 4.78 is 33.8. The van der Waals surface area contributed by atoms with Crippen LogP contribution in [0, 0.1) is 0 Å². The number of hydrogen-bond donors (Lipinski definition) is 1. The fourth-order valence-corrected chi connectivity index (χ4v) is 4.96. The number of sulfonamides is 1. The summed E-state index contributed by atoms with van der Waals surface area (Å²) in [5, 5.41) is 0.632. The van der Waals surface area contributed by atoms with Gasteiger partial charge in [-0.15, -0.1) is 0 Å². The van der Waals surface area contributed by atoms with Crippen molar-refractivity contribution in [2.45, 2.75) is 17.4 Å². The van der Waals surface area contributed by atoms with Gasteiger partial charge in [0.25, 0.3) is 10.0 Å². The molecule has 5 nitrogen and oxygen atoms in total. The zero-order chi connectivity index (χ0) is 19.8. The molecule has 146 valence electrons. The highest BCUT2D eigenvalue weighted by Crippen LogP contribution is 2.34. The van der Waals surface area contributed by atoms with Gasteiger partial charge in [0.2, 0.25) is 0 Å². The lowest BCUT2D eigenvalue weighted by Crippen LogP contribution is -2.21. The predicted octanol–water partition coefficient (Wildman–Crippen LogP) is 5.18. The number of nitrogens with zero attached hydrogens (tertiary/aromatic N) is 1. The van der Waals surface area contributed by atoms with Gasteiger partial charge in [-0.2, -0.15) is 0 Å². The lowest BCUT2D eigenvalue weighted by Gasteiger charge is -2.16. The quantitative estimate of drug-likeness (QED) is 0.612. The number of rotatable bonds is 5. The average Bonchev–Trinajstić information content (AvgIpc) is 2.98. The number of benzene rings is 2. The molecule has 0 bridgehead atoms. The van der Waals surface area contributed by atoms with Crippen LogP contribution in [0.3, 0.4) is 0 Å². The van der Waals surface area contributed by atoms with Crippen LogP contribution < -0.4 is 9.46 Å². The minimum absolute atomic E-state index is 0.00359. The maximum Gasteiger partial charge on any atom is 0.263 e. The second kappa shape index (κ2) is 8.23. The molecule has 0 aromatic heterocycles. The van der Waals surface area contributed by atoms with Crippen molar-refractivity contribution in [3.05, 3.63) is 50.4 Å². The summed E-state index contributed by atoms with van der Waals surface area (Å²) in [7, 11) is -1.97. The molecule has 1 heterocycles. The Balaban J connectivity index is 1.85. The lowest BCUT2D eigenvalue weighted by molar-refractivity contribution is 0.208. The average molecular weight is 470 g/mol. The van der Waals surface area contributed by atoms with Gasteiger partial charge in [0.1, 0.15) is 16.7 Å². The van der Waals surface area contributed by atoms with Crippen LogP contribution in [0.25, 0.3) is 0 Å². The predicted molar refractivity (Wildman–Crippen MR) is 110 cm³/mol. The molecule has 0 saturated carbocycles. The van der Waals surface area contributed by atoms with Crippen LogP contribution >= 0.6 is 46.4 Å². The molecule has 2 aromatic rings. The van der Waals surface area contributed by atoms with Crippen molar-refractivity contribution in [2.75, 3.05) is 24.9 Å². The van der Waals surface area contributed by atoms with Crippen molar-refractivity contribution in [1.29, 1.82) is 0 Å². The van der Waals surface area contributed by atoms with E-state index in [2.05, 4.69) is 9.62 Å². The van der Waals surface area contributed by atoms with Gasteiger partial charge in [-0.25, -0.2) is 8.42 Å². The third-order valence-corrected chi connectivity index (χ3v) is 6.97. The van der Waals surface area contributed by atoms with Gasteiger partial charge in [0.15, 0.2) is 0 Å². The number of ether oxygens (including phenoxy) is 1. The van der Waals surface area contributed by atoms with Gasteiger partial charge in [-0.05, 0) is 37.7 Å². The van der Waals surface area contributed by atoms with Crippen LogP contribution in [0.15, 0.2) is 35.2 Å². The fraction of sp³-hybridized carbons (Fsp3) is 0.294. The van der Waals surface area contributed by atoms with E-state index in [9.17, 15) is 8.42 Å². The number of likely N-dealkylation sites (N-methyl/N-ethyl adjacent to an activating group) is 1. The van der Waals surface area contributed by atoms with E-state index in [0.29, 0.717) is 16.5 Å². The van der Waals surface area contributed by atoms with Crippen molar-refractivity contribution in [3.8, 4) is 5.75 Å². The first-order chi connectivity index (χ1) is 12.7. The molecule has 10 heteroatoms. The van der Waals surface area contributed by atoms with Crippen molar-refractivity contribution < 1.29 is 13.2 Å². The van der Waals surface area contributed by atoms with Crippen LogP contribution in [0.5, 0.6) is 5.75 Å². The Bertz CT molecular complexity index is 969. The first-order valence-electron chi connectivity index (χ1n) is 7.98. The van der Waals surface area contributed by atoms with Gasteiger partial charge < -0.3 is 9.64 Å². The third-order valence-electron chi connectivity index (χ3n) is 4.09. The van der Waals surface area contributed by atoms with Gasteiger partial charge in [0, 0.05) is 19.2 Å². The zero-order valence-electron chi connectivity index (χ0n) is 14.2. The van der Waals surface area contributed by atoms with Gasteiger partial charge in [-0.1, -0.05) is 46.4 Å². The van der Waals surface area contributed by atoms with E-state index < -0.39 is 10.0 Å². The largest absolute Gasteiger partial charge is 0.487 e. The second-order valence-electron chi connectivity index (χ2n) is 6.24.